The fourth-order valence-electron chi connectivity index (χ4n) is 2.07. The highest BCUT2D eigenvalue weighted by Gasteiger charge is 2.16. The Labute approximate surface area is 115 Å². The number of aromatic nitrogens is 1. The van der Waals surface area contributed by atoms with E-state index in [1.54, 1.807) is 0 Å². The number of hydrogen-bond acceptors (Lipinski definition) is 4. The predicted molar refractivity (Wildman–Crippen MR) is 74.7 cm³/mol. The van der Waals surface area contributed by atoms with Gasteiger partial charge in [0, 0.05) is 24.8 Å². The molecule has 0 aromatic carbocycles. The molecule has 0 atom stereocenters. The average molecular weight is 266 g/mol. The number of rotatable bonds is 7. The third-order valence-corrected chi connectivity index (χ3v) is 3.55. The summed E-state index contributed by atoms with van der Waals surface area (Å²) in [4.78, 5) is 0. The van der Waals surface area contributed by atoms with Crippen molar-refractivity contribution < 1.29 is 9.26 Å². The Hall–Kier alpha value is -0.870. The molecular weight excluding hydrogens is 240 g/mol. The summed E-state index contributed by atoms with van der Waals surface area (Å²) in [6.07, 6.45) is 5.35. The zero-order valence-corrected chi connectivity index (χ0v) is 12.4. The maximum absolute atomic E-state index is 5.63. The van der Waals surface area contributed by atoms with Crippen LogP contribution in [0.2, 0.25) is 0 Å². The molecule has 0 radical (unpaired) electrons. The van der Waals surface area contributed by atoms with Gasteiger partial charge in [-0.15, -0.1) is 0 Å². The SMILES string of the molecule is CC(C)(C)NCc1cc(COCCC2CCC2)on1. The van der Waals surface area contributed by atoms with Crippen LogP contribution in [0.4, 0.5) is 0 Å². The van der Waals surface area contributed by atoms with Crippen LogP contribution in [0.3, 0.4) is 0 Å². The number of nitrogens with zero attached hydrogens (tertiary/aromatic N) is 1. The molecule has 1 saturated carbocycles. The van der Waals surface area contributed by atoms with Gasteiger partial charge in [-0.3, -0.25) is 0 Å². The van der Waals surface area contributed by atoms with E-state index in [1.807, 2.05) is 6.07 Å². The van der Waals surface area contributed by atoms with Gasteiger partial charge in [-0.05, 0) is 33.1 Å². The van der Waals surface area contributed by atoms with E-state index in [9.17, 15) is 0 Å². The smallest absolute Gasteiger partial charge is 0.162 e. The molecule has 0 amide bonds. The standard InChI is InChI=1S/C15H26N2O2/c1-15(2,3)16-10-13-9-14(19-17-13)11-18-8-7-12-5-4-6-12/h9,12,16H,4-8,10-11H2,1-3H3. The maximum Gasteiger partial charge on any atom is 0.162 e. The summed E-state index contributed by atoms with van der Waals surface area (Å²) in [5.74, 6) is 1.72. The fourth-order valence-corrected chi connectivity index (χ4v) is 2.07. The minimum absolute atomic E-state index is 0.0956. The fraction of sp³-hybridized carbons (Fsp3) is 0.800. The molecule has 1 aromatic heterocycles. The second kappa shape index (κ2) is 6.53. The summed E-state index contributed by atoms with van der Waals surface area (Å²) in [6.45, 7) is 8.51. The summed E-state index contributed by atoms with van der Waals surface area (Å²) in [7, 11) is 0. The molecule has 4 heteroatoms. The monoisotopic (exact) mass is 266 g/mol. The average Bonchev–Trinajstić information content (AvgIpc) is 2.71. The maximum atomic E-state index is 5.63. The second-order valence-electron chi connectivity index (χ2n) is 6.53. The van der Waals surface area contributed by atoms with Crippen molar-refractivity contribution in [1.29, 1.82) is 0 Å². The van der Waals surface area contributed by atoms with Crippen LogP contribution in [0.1, 0.15) is 57.9 Å². The van der Waals surface area contributed by atoms with Gasteiger partial charge in [-0.2, -0.15) is 0 Å². The summed E-state index contributed by atoms with van der Waals surface area (Å²) in [6, 6.07) is 1.97. The van der Waals surface area contributed by atoms with Crippen LogP contribution in [0.15, 0.2) is 10.6 Å². The number of nitrogens with one attached hydrogen (secondary N) is 1. The van der Waals surface area contributed by atoms with Crippen molar-refractivity contribution in [1.82, 2.24) is 10.5 Å². The molecule has 19 heavy (non-hydrogen) atoms. The van der Waals surface area contributed by atoms with Crippen molar-refractivity contribution >= 4 is 0 Å². The summed E-state index contributed by atoms with van der Waals surface area (Å²) < 4.78 is 10.9. The second-order valence-corrected chi connectivity index (χ2v) is 6.53. The zero-order valence-electron chi connectivity index (χ0n) is 12.4. The molecule has 2 rings (SSSR count). The molecule has 4 nitrogen and oxygen atoms in total. The lowest BCUT2D eigenvalue weighted by Gasteiger charge is -2.24. The largest absolute Gasteiger partial charge is 0.373 e. The Kier molecular flexibility index (Phi) is 4.99. The van der Waals surface area contributed by atoms with Crippen molar-refractivity contribution in [2.45, 2.75) is 65.1 Å². The Morgan fingerprint density at radius 3 is 2.84 bits per heavy atom. The number of hydrogen-bond donors (Lipinski definition) is 1. The molecule has 1 aromatic rings. The molecular formula is C15H26N2O2. The molecule has 0 spiro atoms. The molecule has 0 unspecified atom stereocenters. The van der Waals surface area contributed by atoms with Gasteiger partial charge in [0.25, 0.3) is 0 Å². The van der Waals surface area contributed by atoms with Gasteiger partial charge >= 0.3 is 0 Å². The lowest BCUT2D eigenvalue weighted by molar-refractivity contribution is 0.0799. The minimum Gasteiger partial charge on any atom is -0.373 e. The predicted octanol–water partition coefficient (Wildman–Crippen LogP) is 3.27. The van der Waals surface area contributed by atoms with Gasteiger partial charge in [-0.1, -0.05) is 24.4 Å². The first-order valence-corrected chi connectivity index (χ1v) is 7.30. The van der Waals surface area contributed by atoms with Crippen molar-refractivity contribution in [3.8, 4) is 0 Å². The van der Waals surface area contributed by atoms with E-state index in [-0.39, 0.29) is 5.54 Å². The Morgan fingerprint density at radius 2 is 2.21 bits per heavy atom. The summed E-state index contributed by atoms with van der Waals surface area (Å²) >= 11 is 0. The minimum atomic E-state index is 0.0956. The van der Waals surface area contributed by atoms with Crippen LogP contribution in [-0.4, -0.2) is 17.3 Å². The zero-order chi connectivity index (χ0) is 13.7. The molecule has 0 aliphatic heterocycles. The van der Waals surface area contributed by atoms with Crippen LogP contribution >= 0.6 is 0 Å². The van der Waals surface area contributed by atoms with E-state index >= 15 is 0 Å². The van der Waals surface area contributed by atoms with Crippen LogP contribution in [0, 0.1) is 5.92 Å². The molecule has 108 valence electrons. The first kappa shape index (κ1) is 14.5. The van der Waals surface area contributed by atoms with Gasteiger partial charge in [0.2, 0.25) is 0 Å². The molecule has 0 bridgehead atoms. The van der Waals surface area contributed by atoms with Gasteiger partial charge < -0.3 is 14.6 Å². The Balaban J connectivity index is 1.62. The summed E-state index contributed by atoms with van der Waals surface area (Å²) in [5, 5.41) is 7.43. The molecule has 0 saturated heterocycles. The van der Waals surface area contributed by atoms with Crippen LogP contribution < -0.4 is 5.32 Å². The van der Waals surface area contributed by atoms with E-state index in [0.29, 0.717) is 6.61 Å². The van der Waals surface area contributed by atoms with Crippen LogP contribution in [0.5, 0.6) is 0 Å². The van der Waals surface area contributed by atoms with Crippen LogP contribution in [-0.2, 0) is 17.9 Å². The lowest BCUT2D eigenvalue weighted by atomic mass is 9.83. The highest BCUT2D eigenvalue weighted by molar-refractivity contribution is 5.04. The number of ether oxygens (including phenoxy) is 1. The normalized spacial score (nSPS) is 16.6. The first-order chi connectivity index (χ1) is 9.03. The van der Waals surface area contributed by atoms with E-state index in [0.717, 1.165) is 30.5 Å². The van der Waals surface area contributed by atoms with Gasteiger partial charge in [0.1, 0.15) is 6.61 Å². The highest BCUT2D eigenvalue weighted by atomic mass is 16.5. The Morgan fingerprint density at radius 1 is 1.42 bits per heavy atom. The lowest BCUT2D eigenvalue weighted by Crippen LogP contribution is -2.35. The third-order valence-electron chi connectivity index (χ3n) is 3.55. The van der Waals surface area contributed by atoms with Gasteiger partial charge in [0.05, 0.1) is 5.69 Å². The molecule has 1 heterocycles. The molecule has 1 fully saturated rings. The third kappa shape index (κ3) is 5.33. The van der Waals surface area contributed by atoms with Crippen molar-refractivity contribution in [3.63, 3.8) is 0 Å². The van der Waals surface area contributed by atoms with Crippen molar-refractivity contribution in [2.75, 3.05) is 6.61 Å². The van der Waals surface area contributed by atoms with E-state index < -0.39 is 0 Å². The van der Waals surface area contributed by atoms with E-state index in [1.165, 1.54) is 25.7 Å². The summed E-state index contributed by atoms with van der Waals surface area (Å²) in [5.41, 5.74) is 1.03. The Bertz CT molecular complexity index is 378. The molecule has 1 N–H and O–H groups in total. The van der Waals surface area contributed by atoms with E-state index in [2.05, 4.69) is 31.2 Å². The van der Waals surface area contributed by atoms with Crippen molar-refractivity contribution in [2.24, 2.45) is 5.92 Å². The topological polar surface area (TPSA) is 47.3 Å². The van der Waals surface area contributed by atoms with E-state index in [4.69, 9.17) is 9.26 Å². The highest BCUT2D eigenvalue weighted by Crippen LogP contribution is 2.29. The quantitative estimate of drug-likeness (QED) is 0.769. The van der Waals surface area contributed by atoms with Gasteiger partial charge in [-0.25, -0.2) is 0 Å². The molecule has 1 aliphatic rings. The van der Waals surface area contributed by atoms with Crippen molar-refractivity contribution in [3.05, 3.63) is 17.5 Å². The van der Waals surface area contributed by atoms with Crippen LogP contribution in [0.25, 0.3) is 0 Å². The van der Waals surface area contributed by atoms with Gasteiger partial charge in [0.15, 0.2) is 5.76 Å². The molecule has 1 aliphatic carbocycles. The first-order valence-electron chi connectivity index (χ1n) is 7.30.